The summed E-state index contributed by atoms with van der Waals surface area (Å²) < 4.78 is 31.5. The summed E-state index contributed by atoms with van der Waals surface area (Å²) >= 11 is 0. The lowest BCUT2D eigenvalue weighted by atomic mass is 10.3. The molecule has 1 atom stereocenters. The second-order valence-corrected chi connectivity index (χ2v) is 6.06. The molecule has 0 spiro atoms. The predicted octanol–water partition coefficient (Wildman–Crippen LogP) is 0.533. The van der Waals surface area contributed by atoms with Crippen LogP contribution < -0.4 is 5.32 Å². The quantitative estimate of drug-likeness (QED) is 0.865. The monoisotopic (exact) mass is 271 g/mol. The summed E-state index contributed by atoms with van der Waals surface area (Å²) in [7, 11) is -0.338. The van der Waals surface area contributed by atoms with Gasteiger partial charge in [-0.1, -0.05) is 0 Å². The molecule has 0 radical (unpaired) electrons. The van der Waals surface area contributed by atoms with Crippen LogP contribution in [0.3, 0.4) is 0 Å². The van der Waals surface area contributed by atoms with Crippen LogP contribution >= 0.6 is 0 Å². The normalized spacial score (nSPS) is 20.3. The van der Waals surface area contributed by atoms with Gasteiger partial charge in [-0.05, 0) is 18.6 Å². The van der Waals surface area contributed by atoms with E-state index in [1.807, 2.05) is 0 Å². The van der Waals surface area contributed by atoms with E-state index in [1.165, 1.54) is 10.5 Å². The van der Waals surface area contributed by atoms with Gasteiger partial charge < -0.3 is 10.1 Å². The minimum atomic E-state index is -3.59. The molecule has 18 heavy (non-hydrogen) atoms. The Hall–Kier alpha value is -1.18. The SMILES string of the molecule is CNc1cccnc1S(=O)(=O)N(C)C1CCOC1. The van der Waals surface area contributed by atoms with E-state index in [1.54, 1.807) is 26.2 Å². The van der Waals surface area contributed by atoms with E-state index in [-0.39, 0.29) is 11.1 Å². The molecule has 1 aliphatic heterocycles. The van der Waals surface area contributed by atoms with E-state index in [2.05, 4.69) is 10.3 Å². The van der Waals surface area contributed by atoms with Crippen molar-refractivity contribution in [1.29, 1.82) is 0 Å². The third kappa shape index (κ3) is 2.33. The summed E-state index contributed by atoms with van der Waals surface area (Å²) in [5.41, 5.74) is 0.503. The van der Waals surface area contributed by atoms with Gasteiger partial charge in [-0.25, -0.2) is 13.4 Å². The van der Waals surface area contributed by atoms with Crippen molar-refractivity contribution in [2.45, 2.75) is 17.5 Å². The fourth-order valence-corrected chi connectivity index (χ4v) is 3.40. The van der Waals surface area contributed by atoms with Crippen LogP contribution in [0.1, 0.15) is 6.42 Å². The van der Waals surface area contributed by atoms with E-state index >= 15 is 0 Å². The summed E-state index contributed by atoms with van der Waals surface area (Å²) in [6.45, 7) is 1.04. The minimum Gasteiger partial charge on any atom is -0.386 e. The number of ether oxygens (including phenoxy) is 1. The Morgan fingerprint density at radius 1 is 1.56 bits per heavy atom. The van der Waals surface area contributed by atoms with E-state index in [9.17, 15) is 8.42 Å². The van der Waals surface area contributed by atoms with Crippen molar-refractivity contribution in [3.8, 4) is 0 Å². The maximum Gasteiger partial charge on any atom is 0.262 e. The van der Waals surface area contributed by atoms with Gasteiger partial charge in [0, 0.05) is 26.9 Å². The molecule has 1 aromatic rings. The first kappa shape index (κ1) is 13.3. The average molecular weight is 271 g/mol. The number of rotatable bonds is 4. The lowest BCUT2D eigenvalue weighted by Crippen LogP contribution is -2.38. The lowest BCUT2D eigenvalue weighted by molar-refractivity contribution is 0.181. The molecule has 0 saturated carbocycles. The van der Waals surface area contributed by atoms with Crippen molar-refractivity contribution >= 4 is 15.7 Å². The van der Waals surface area contributed by atoms with Crippen LogP contribution in [-0.2, 0) is 14.8 Å². The van der Waals surface area contributed by atoms with Crippen molar-refractivity contribution in [3.63, 3.8) is 0 Å². The molecule has 2 heterocycles. The van der Waals surface area contributed by atoms with Gasteiger partial charge in [0.15, 0.2) is 5.03 Å². The average Bonchev–Trinajstić information content (AvgIpc) is 2.91. The first-order chi connectivity index (χ1) is 8.57. The largest absolute Gasteiger partial charge is 0.386 e. The molecule has 1 saturated heterocycles. The first-order valence-electron chi connectivity index (χ1n) is 5.76. The lowest BCUT2D eigenvalue weighted by Gasteiger charge is -2.22. The second-order valence-electron chi connectivity index (χ2n) is 4.14. The van der Waals surface area contributed by atoms with Crippen LogP contribution in [0.2, 0.25) is 0 Å². The van der Waals surface area contributed by atoms with Gasteiger partial charge in [0.1, 0.15) is 0 Å². The molecule has 100 valence electrons. The molecule has 0 aromatic carbocycles. The Labute approximate surface area is 107 Å². The van der Waals surface area contributed by atoms with Gasteiger partial charge in [-0.15, -0.1) is 0 Å². The molecule has 6 nitrogen and oxygen atoms in total. The zero-order valence-electron chi connectivity index (χ0n) is 10.5. The number of hydrogen-bond acceptors (Lipinski definition) is 5. The molecule has 7 heteroatoms. The number of hydrogen-bond donors (Lipinski definition) is 1. The van der Waals surface area contributed by atoms with E-state index in [4.69, 9.17) is 4.74 Å². The van der Waals surface area contributed by atoms with Crippen molar-refractivity contribution in [3.05, 3.63) is 18.3 Å². The van der Waals surface area contributed by atoms with E-state index in [0.29, 0.717) is 18.9 Å². The molecule has 2 rings (SSSR count). The van der Waals surface area contributed by atoms with Crippen LogP contribution in [0.15, 0.2) is 23.4 Å². The Balaban J connectivity index is 2.35. The summed E-state index contributed by atoms with van der Waals surface area (Å²) in [6, 6.07) is 3.28. The van der Waals surface area contributed by atoms with Crippen molar-refractivity contribution in [2.24, 2.45) is 0 Å². The highest BCUT2D eigenvalue weighted by atomic mass is 32.2. The number of sulfonamides is 1. The highest BCUT2D eigenvalue weighted by molar-refractivity contribution is 7.89. The summed E-state index contributed by atoms with van der Waals surface area (Å²) in [5, 5.41) is 2.90. The molecule has 0 bridgehead atoms. The minimum absolute atomic E-state index is 0.0573. The van der Waals surface area contributed by atoms with Gasteiger partial charge in [-0.2, -0.15) is 4.31 Å². The molecular weight excluding hydrogens is 254 g/mol. The van der Waals surface area contributed by atoms with Crippen LogP contribution in [0.4, 0.5) is 5.69 Å². The summed E-state index contributed by atoms with van der Waals surface area (Å²) in [5.74, 6) is 0. The third-order valence-corrected chi connectivity index (χ3v) is 4.95. The predicted molar refractivity (Wildman–Crippen MR) is 68.0 cm³/mol. The number of likely N-dealkylation sites (N-methyl/N-ethyl adjacent to an activating group) is 1. The van der Waals surface area contributed by atoms with Crippen LogP contribution in [0.5, 0.6) is 0 Å². The number of nitrogens with zero attached hydrogens (tertiary/aromatic N) is 2. The van der Waals surface area contributed by atoms with Crippen LogP contribution in [-0.4, -0.2) is 51.1 Å². The highest BCUT2D eigenvalue weighted by Crippen LogP contribution is 2.24. The van der Waals surface area contributed by atoms with Crippen molar-refractivity contribution in [1.82, 2.24) is 9.29 Å². The Morgan fingerprint density at radius 3 is 2.94 bits per heavy atom. The highest BCUT2D eigenvalue weighted by Gasteiger charge is 2.32. The first-order valence-corrected chi connectivity index (χ1v) is 7.20. The Morgan fingerprint density at radius 2 is 2.33 bits per heavy atom. The Bertz CT molecular complexity index is 512. The Kier molecular flexibility index (Phi) is 3.84. The molecule has 0 amide bonds. The number of aromatic nitrogens is 1. The van der Waals surface area contributed by atoms with Crippen LogP contribution in [0.25, 0.3) is 0 Å². The number of nitrogens with one attached hydrogen (secondary N) is 1. The van der Waals surface area contributed by atoms with Gasteiger partial charge in [0.2, 0.25) is 0 Å². The molecule has 1 N–H and O–H groups in total. The van der Waals surface area contributed by atoms with Crippen molar-refractivity contribution < 1.29 is 13.2 Å². The van der Waals surface area contributed by atoms with E-state index in [0.717, 1.165) is 6.42 Å². The molecule has 1 aromatic heterocycles. The number of pyridine rings is 1. The summed E-state index contributed by atoms with van der Waals surface area (Å²) in [6.07, 6.45) is 2.20. The topological polar surface area (TPSA) is 71.5 Å². The van der Waals surface area contributed by atoms with Gasteiger partial charge >= 0.3 is 0 Å². The van der Waals surface area contributed by atoms with Crippen molar-refractivity contribution in [2.75, 3.05) is 32.6 Å². The molecule has 1 unspecified atom stereocenters. The number of anilines is 1. The van der Waals surface area contributed by atoms with Gasteiger partial charge in [-0.3, -0.25) is 0 Å². The maximum absolute atomic E-state index is 12.5. The summed E-state index contributed by atoms with van der Waals surface area (Å²) in [4.78, 5) is 3.98. The molecule has 1 aliphatic rings. The van der Waals surface area contributed by atoms with Gasteiger partial charge in [0.05, 0.1) is 18.3 Å². The zero-order valence-corrected chi connectivity index (χ0v) is 11.3. The van der Waals surface area contributed by atoms with Crippen LogP contribution in [0, 0.1) is 0 Å². The van der Waals surface area contributed by atoms with E-state index < -0.39 is 10.0 Å². The fraction of sp³-hybridized carbons (Fsp3) is 0.545. The third-order valence-electron chi connectivity index (χ3n) is 3.08. The second kappa shape index (κ2) is 5.21. The fourth-order valence-electron chi connectivity index (χ4n) is 1.93. The molecular formula is C11H17N3O3S. The maximum atomic E-state index is 12.5. The zero-order chi connectivity index (χ0) is 13.2. The smallest absolute Gasteiger partial charge is 0.262 e. The standard InChI is InChI=1S/C11H17N3O3S/c1-12-10-4-3-6-13-11(10)18(15,16)14(2)9-5-7-17-8-9/h3-4,6,9,12H,5,7-8H2,1-2H3. The van der Waals surface area contributed by atoms with Gasteiger partial charge in [0.25, 0.3) is 10.0 Å². The molecule has 0 aliphatic carbocycles. The molecule has 1 fully saturated rings.